The van der Waals surface area contributed by atoms with Crippen LogP contribution < -0.4 is 0 Å². The van der Waals surface area contributed by atoms with Crippen molar-refractivity contribution < 1.29 is 0 Å². The Bertz CT molecular complexity index is 910. The van der Waals surface area contributed by atoms with Gasteiger partial charge in [-0.3, -0.25) is 0 Å². The fourth-order valence-corrected chi connectivity index (χ4v) is 4.04. The van der Waals surface area contributed by atoms with E-state index in [9.17, 15) is 0 Å². The topological polar surface area (TPSA) is 17.8 Å². The smallest absolute Gasteiger partial charge is 0.119 e. The Morgan fingerprint density at radius 3 is 2.48 bits per heavy atom. The first-order valence-corrected chi connectivity index (χ1v) is 8.86. The Labute approximate surface area is 153 Å². The Hall–Kier alpha value is -2.58. The Morgan fingerprint density at radius 2 is 1.80 bits per heavy atom. The molecule has 0 bridgehead atoms. The van der Waals surface area contributed by atoms with Crippen LogP contribution in [0.4, 0.5) is 0 Å². The van der Waals surface area contributed by atoms with Crippen LogP contribution in [-0.2, 0) is 5.54 Å². The predicted octanol–water partition coefficient (Wildman–Crippen LogP) is 5.60. The minimum absolute atomic E-state index is 0.499. The van der Waals surface area contributed by atoms with Crippen molar-refractivity contribution in [3.63, 3.8) is 0 Å². The molecule has 4 rings (SSSR count). The average molecular weight is 347 g/mol. The molecule has 25 heavy (non-hydrogen) atoms. The molecule has 0 spiro atoms. The second-order valence-corrected chi connectivity index (χ2v) is 6.59. The van der Waals surface area contributed by atoms with Gasteiger partial charge in [0, 0.05) is 23.0 Å². The number of benzene rings is 2. The van der Waals surface area contributed by atoms with Crippen LogP contribution in [0.15, 0.2) is 97.1 Å². The molecule has 1 aliphatic rings. The zero-order chi connectivity index (χ0) is 17.1. The Balaban J connectivity index is 2.11. The predicted molar refractivity (Wildman–Crippen MR) is 103 cm³/mol. The Kier molecular flexibility index (Phi) is 4.29. The molecule has 0 fully saturated rings. The summed E-state index contributed by atoms with van der Waals surface area (Å²) >= 11 is 6.72. The molecular weight excluding hydrogens is 328 g/mol. The van der Waals surface area contributed by atoms with Gasteiger partial charge >= 0.3 is 0 Å². The van der Waals surface area contributed by atoms with Gasteiger partial charge in [-0.2, -0.15) is 0 Å². The van der Waals surface area contributed by atoms with Gasteiger partial charge in [-0.1, -0.05) is 78.4 Å². The summed E-state index contributed by atoms with van der Waals surface area (Å²) in [6, 6.07) is 18.7. The molecule has 2 nitrogen and oxygen atoms in total. The molecule has 0 N–H and O–H groups in total. The molecule has 0 amide bonds. The molecule has 3 aromatic rings. The van der Waals surface area contributed by atoms with Gasteiger partial charge in [0.1, 0.15) is 5.54 Å². The summed E-state index contributed by atoms with van der Waals surface area (Å²) in [5.74, 6) is 0. The van der Waals surface area contributed by atoms with Gasteiger partial charge in [0.15, 0.2) is 0 Å². The molecule has 3 heteroatoms. The molecule has 0 saturated carbocycles. The molecular formula is C22H19ClN2. The van der Waals surface area contributed by atoms with Gasteiger partial charge in [0.05, 0.1) is 6.33 Å². The fraction of sp³-hybridized carbons (Fsp3) is 0.136. The highest BCUT2D eigenvalue weighted by molar-refractivity contribution is 6.31. The van der Waals surface area contributed by atoms with E-state index >= 15 is 0 Å². The van der Waals surface area contributed by atoms with E-state index in [1.807, 2.05) is 36.9 Å². The maximum absolute atomic E-state index is 6.72. The molecule has 124 valence electrons. The first-order valence-electron chi connectivity index (χ1n) is 8.48. The van der Waals surface area contributed by atoms with Gasteiger partial charge in [0.25, 0.3) is 0 Å². The monoisotopic (exact) mass is 346 g/mol. The zero-order valence-corrected chi connectivity index (χ0v) is 14.6. The van der Waals surface area contributed by atoms with Crippen LogP contribution in [0.2, 0.25) is 5.02 Å². The highest BCUT2D eigenvalue weighted by Gasteiger charge is 2.41. The lowest BCUT2D eigenvalue weighted by Gasteiger charge is -2.40. The van der Waals surface area contributed by atoms with Crippen LogP contribution in [0.25, 0.3) is 0 Å². The SMILES string of the molecule is Clc1ccccc1C(C1=CC=CCC1)(c1ccccc1)n1ccnc1. The number of nitrogens with zero attached hydrogens (tertiary/aromatic N) is 2. The number of hydrogen-bond acceptors (Lipinski definition) is 1. The minimum Gasteiger partial charge on any atom is -0.319 e. The van der Waals surface area contributed by atoms with Gasteiger partial charge in [-0.05, 0) is 30.0 Å². The van der Waals surface area contributed by atoms with E-state index in [2.05, 4.69) is 64.2 Å². The van der Waals surface area contributed by atoms with Crippen molar-refractivity contribution in [1.29, 1.82) is 0 Å². The zero-order valence-electron chi connectivity index (χ0n) is 13.8. The number of hydrogen-bond donors (Lipinski definition) is 0. The van der Waals surface area contributed by atoms with Gasteiger partial charge in [-0.15, -0.1) is 0 Å². The second-order valence-electron chi connectivity index (χ2n) is 6.18. The summed E-state index contributed by atoms with van der Waals surface area (Å²) in [5.41, 5.74) is 3.07. The van der Waals surface area contributed by atoms with Crippen molar-refractivity contribution in [3.8, 4) is 0 Å². The van der Waals surface area contributed by atoms with Gasteiger partial charge in [0.2, 0.25) is 0 Å². The lowest BCUT2D eigenvalue weighted by molar-refractivity contribution is 0.485. The normalized spacial score (nSPS) is 16.3. The molecule has 1 atom stereocenters. The van der Waals surface area contributed by atoms with E-state index < -0.39 is 5.54 Å². The fourth-order valence-electron chi connectivity index (χ4n) is 3.76. The number of halogens is 1. The van der Waals surface area contributed by atoms with Crippen LogP contribution in [0.5, 0.6) is 0 Å². The summed E-state index contributed by atoms with van der Waals surface area (Å²) in [4.78, 5) is 4.34. The molecule has 0 aliphatic heterocycles. The maximum atomic E-state index is 6.72. The van der Waals surface area contributed by atoms with Crippen LogP contribution in [0.3, 0.4) is 0 Å². The van der Waals surface area contributed by atoms with E-state index in [0.717, 1.165) is 23.4 Å². The van der Waals surface area contributed by atoms with Gasteiger partial charge < -0.3 is 4.57 Å². The van der Waals surface area contributed by atoms with Crippen molar-refractivity contribution >= 4 is 11.6 Å². The first kappa shape index (κ1) is 15.9. The summed E-state index contributed by atoms with van der Waals surface area (Å²) in [6.07, 6.45) is 14.3. The molecule has 1 aliphatic carbocycles. The van der Waals surface area contributed by atoms with Crippen molar-refractivity contribution in [2.24, 2.45) is 0 Å². The Morgan fingerprint density at radius 1 is 1.00 bits per heavy atom. The molecule has 1 aromatic heterocycles. The number of allylic oxidation sites excluding steroid dienone is 4. The van der Waals surface area contributed by atoms with Crippen molar-refractivity contribution in [3.05, 3.63) is 113 Å². The van der Waals surface area contributed by atoms with Crippen LogP contribution in [0, 0.1) is 0 Å². The molecule has 1 unspecified atom stereocenters. The van der Waals surface area contributed by atoms with Crippen LogP contribution in [0.1, 0.15) is 24.0 Å². The molecule has 0 saturated heterocycles. The summed E-state index contributed by atoms with van der Waals surface area (Å²) in [7, 11) is 0. The maximum Gasteiger partial charge on any atom is 0.119 e. The molecule has 0 radical (unpaired) electrons. The van der Waals surface area contributed by atoms with Crippen molar-refractivity contribution in [2.45, 2.75) is 18.4 Å². The third-order valence-corrected chi connectivity index (χ3v) is 5.16. The lowest BCUT2D eigenvalue weighted by Crippen LogP contribution is -2.38. The second kappa shape index (κ2) is 6.73. The third kappa shape index (κ3) is 2.63. The van der Waals surface area contributed by atoms with Crippen molar-refractivity contribution in [2.75, 3.05) is 0 Å². The largest absolute Gasteiger partial charge is 0.319 e. The van der Waals surface area contributed by atoms with E-state index in [1.165, 1.54) is 11.1 Å². The van der Waals surface area contributed by atoms with Gasteiger partial charge in [-0.25, -0.2) is 4.98 Å². The molecule has 2 aromatic carbocycles. The van der Waals surface area contributed by atoms with Crippen LogP contribution in [-0.4, -0.2) is 9.55 Å². The quantitative estimate of drug-likeness (QED) is 0.600. The van der Waals surface area contributed by atoms with Crippen molar-refractivity contribution in [1.82, 2.24) is 9.55 Å². The highest BCUT2D eigenvalue weighted by Crippen LogP contribution is 2.45. The first-order chi connectivity index (χ1) is 12.3. The summed E-state index contributed by atoms with van der Waals surface area (Å²) in [6.45, 7) is 0. The van der Waals surface area contributed by atoms with E-state index in [-0.39, 0.29) is 0 Å². The number of rotatable bonds is 4. The standard InChI is InChI=1S/C22H19ClN2/c23-21-14-8-7-13-20(21)22(25-16-15-24-17-25,18-9-3-1-4-10-18)19-11-5-2-6-12-19/h1-5,7-11,13-17H,6,12H2. The highest BCUT2D eigenvalue weighted by atomic mass is 35.5. The third-order valence-electron chi connectivity index (χ3n) is 4.83. The minimum atomic E-state index is -0.499. The van der Waals surface area contributed by atoms with E-state index in [0.29, 0.717) is 0 Å². The number of aromatic nitrogens is 2. The van der Waals surface area contributed by atoms with E-state index in [4.69, 9.17) is 11.6 Å². The number of imidazole rings is 1. The average Bonchev–Trinajstić information content (AvgIpc) is 3.21. The molecule has 1 heterocycles. The van der Waals surface area contributed by atoms with Crippen LogP contribution >= 0.6 is 11.6 Å². The summed E-state index contributed by atoms with van der Waals surface area (Å²) < 4.78 is 2.18. The lowest BCUT2D eigenvalue weighted by atomic mass is 9.73. The summed E-state index contributed by atoms with van der Waals surface area (Å²) in [5, 5.41) is 0.760. The van der Waals surface area contributed by atoms with E-state index in [1.54, 1.807) is 0 Å².